The minimum Gasteiger partial charge on any atom is -0.0914 e. The van der Waals surface area contributed by atoms with Gasteiger partial charge in [-0.2, -0.15) is 0 Å². The molecule has 0 spiro atoms. The van der Waals surface area contributed by atoms with Crippen molar-refractivity contribution in [3.63, 3.8) is 0 Å². The highest BCUT2D eigenvalue weighted by Gasteiger charge is 2.22. The van der Waals surface area contributed by atoms with Gasteiger partial charge in [0.1, 0.15) is 0 Å². The molecule has 0 rings (SSSR count). The van der Waals surface area contributed by atoms with Gasteiger partial charge in [0.25, 0.3) is 0 Å². The molecule has 4 unspecified atom stereocenters. The summed E-state index contributed by atoms with van der Waals surface area (Å²) in [6, 6.07) is 0. The summed E-state index contributed by atoms with van der Waals surface area (Å²) in [6.45, 7) is 14.1. The average Bonchev–Trinajstić information content (AvgIpc) is 2.33. The molecule has 108 valence electrons. The van der Waals surface area contributed by atoms with Crippen LogP contribution in [0.5, 0.6) is 0 Å². The van der Waals surface area contributed by atoms with Gasteiger partial charge in [0.15, 0.2) is 0 Å². The molecule has 0 aromatic carbocycles. The van der Waals surface area contributed by atoms with E-state index in [0.717, 1.165) is 23.7 Å². The molecule has 0 radical (unpaired) electrons. The van der Waals surface area contributed by atoms with Gasteiger partial charge in [-0.3, -0.25) is 0 Å². The van der Waals surface area contributed by atoms with Crippen molar-refractivity contribution in [2.45, 2.75) is 80.1 Å². The van der Waals surface area contributed by atoms with Crippen molar-refractivity contribution in [1.29, 1.82) is 0 Å². The molecule has 0 heteroatoms. The minimum absolute atomic E-state index is 0.751. The van der Waals surface area contributed by atoms with Crippen molar-refractivity contribution in [3.8, 4) is 0 Å². The smallest absolute Gasteiger partial charge is 0.0262 e. The Labute approximate surface area is 116 Å². The molecule has 18 heavy (non-hydrogen) atoms. The molecule has 0 fully saturated rings. The summed E-state index contributed by atoms with van der Waals surface area (Å²) >= 11 is 0. The van der Waals surface area contributed by atoms with E-state index < -0.39 is 0 Å². The molecule has 0 aromatic heterocycles. The van der Waals surface area contributed by atoms with Crippen molar-refractivity contribution in [2.24, 2.45) is 23.7 Å². The van der Waals surface area contributed by atoms with Crippen LogP contribution >= 0.6 is 0 Å². The van der Waals surface area contributed by atoms with Gasteiger partial charge < -0.3 is 0 Å². The van der Waals surface area contributed by atoms with Crippen LogP contribution in [0.2, 0.25) is 0 Å². The summed E-state index contributed by atoms with van der Waals surface area (Å²) in [5.41, 5.74) is 0. The third-order valence-corrected chi connectivity index (χ3v) is 4.43. The summed E-state index contributed by atoms with van der Waals surface area (Å²) in [5.74, 6) is 3.48. The fourth-order valence-corrected chi connectivity index (χ4v) is 3.30. The third kappa shape index (κ3) is 7.24. The van der Waals surface area contributed by atoms with Crippen molar-refractivity contribution >= 4 is 0 Å². The Bertz CT molecular complexity index is 204. The molecule has 0 amide bonds. The molecule has 0 aliphatic rings. The van der Waals surface area contributed by atoms with Gasteiger partial charge in [0, 0.05) is 0 Å². The number of allylic oxidation sites excluding steroid dienone is 2. The van der Waals surface area contributed by atoms with Gasteiger partial charge in [-0.05, 0) is 43.4 Å². The first-order chi connectivity index (χ1) is 8.56. The van der Waals surface area contributed by atoms with Crippen LogP contribution in [0.3, 0.4) is 0 Å². The summed E-state index contributed by atoms with van der Waals surface area (Å²) in [6.07, 6.45) is 12.8. The van der Waals surface area contributed by atoms with Crippen LogP contribution < -0.4 is 0 Å². The Balaban J connectivity index is 4.24. The highest BCUT2D eigenvalue weighted by Crippen LogP contribution is 2.32. The first kappa shape index (κ1) is 17.7. The van der Waals surface area contributed by atoms with Crippen LogP contribution in [0.15, 0.2) is 12.2 Å². The van der Waals surface area contributed by atoms with E-state index in [-0.39, 0.29) is 0 Å². The van der Waals surface area contributed by atoms with Gasteiger partial charge in [-0.15, -0.1) is 0 Å². The van der Waals surface area contributed by atoms with Gasteiger partial charge in [-0.25, -0.2) is 0 Å². The summed E-state index contributed by atoms with van der Waals surface area (Å²) in [4.78, 5) is 0. The lowest BCUT2D eigenvalue weighted by molar-refractivity contribution is 0.209. The standard InChI is InChI=1S/C18H36/c1-7-10-15(4)13-14-17(6)18(12-9-3)16(5)11-8-2/h7,10,15-18H,8-9,11-14H2,1-6H3. The Kier molecular flexibility index (Phi) is 10.5. The fourth-order valence-electron chi connectivity index (χ4n) is 3.30. The van der Waals surface area contributed by atoms with Crippen molar-refractivity contribution in [3.05, 3.63) is 12.2 Å². The van der Waals surface area contributed by atoms with E-state index in [2.05, 4.69) is 53.7 Å². The van der Waals surface area contributed by atoms with Gasteiger partial charge in [0.05, 0.1) is 0 Å². The normalized spacial score (nSPS) is 18.8. The van der Waals surface area contributed by atoms with Crippen LogP contribution in [0, 0.1) is 23.7 Å². The Morgan fingerprint density at radius 1 is 0.778 bits per heavy atom. The van der Waals surface area contributed by atoms with Crippen molar-refractivity contribution < 1.29 is 0 Å². The number of rotatable bonds is 10. The SMILES string of the molecule is CC=CC(C)CCC(C)C(CCC)C(C)CCC. The molecule has 0 saturated heterocycles. The average molecular weight is 252 g/mol. The van der Waals surface area contributed by atoms with E-state index in [1.807, 2.05) is 0 Å². The summed E-state index contributed by atoms with van der Waals surface area (Å²) in [7, 11) is 0. The van der Waals surface area contributed by atoms with E-state index >= 15 is 0 Å². The highest BCUT2D eigenvalue weighted by molar-refractivity contribution is 4.83. The summed E-state index contributed by atoms with van der Waals surface area (Å²) < 4.78 is 0. The molecule has 4 atom stereocenters. The predicted molar refractivity (Wildman–Crippen MR) is 84.8 cm³/mol. The van der Waals surface area contributed by atoms with Crippen LogP contribution in [0.25, 0.3) is 0 Å². The largest absolute Gasteiger partial charge is 0.0914 e. The first-order valence-electron chi connectivity index (χ1n) is 8.19. The molecule has 0 saturated carbocycles. The first-order valence-corrected chi connectivity index (χ1v) is 8.19. The zero-order valence-electron chi connectivity index (χ0n) is 13.7. The van der Waals surface area contributed by atoms with Crippen molar-refractivity contribution in [2.75, 3.05) is 0 Å². The second-order valence-electron chi connectivity index (χ2n) is 6.28. The maximum atomic E-state index is 2.48. The maximum Gasteiger partial charge on any atom is -0.0262 e. The fraction of sp³-hybridized carbons (Fsp3) is 0.889. The van der Waals surface area contributed by atoms with E-state index in [1.165, 1.54) is 38.5 Å². The lowest BCUT2D eigenvalue weighted by Crippen LogP contribution is -2.20. The molecule has 0 bridgehead atoms. The van der Waals surface area contributed by atoms with Gasteiger partial charge in [-0.1, -0.05) is 72.5 Å². The maximum absolute atomic E-state index is 2.48. The van der Waals surface area contributed by atoms with E-state index in [1.54, 1.807) is 0 Å². The number of hydrogen-bond acceptors (Lipinski definition) is 0. The van der Waals surface area contributed by atoms with Crippen molar-refractivity contribution in [1.82, 2.24) is 0 Å². The minimum atomic E-state index is 0.751. The second kappa shape index (κ2) is 10.6. The second-order valence-corrected chi connectivity index (χ2v) is 6.28. The molecule has 0 aromatic rings. The Hall–Kier alpha value is -0.260. The Morgan fingerprint density at radius 3 is 1.83 bits per heavy atom. The summed E-state index contributed by atoms with van der Waals surface area (Å²) in [5, 5.41) is 0. The van der Waals surface area contributed by atoms with Crippen LogP contribution in [-0.4, -0.2) is 0 Å². The van der Waals surface area contributed by atoms with Crippen LogP contribution in [0.1, 0.15) is 80.1 Å². The molecule has 0 heterocycles. The number of hydrogen-bond donors (Lipinski definition) is 0. The highest BCUT2D eigenvalue weighted by atomic mass is 14.3. The quantitative estimate of drug-likeness (QED) is 0.391. The molecular formula is C18H36. The lowest BCUT2D eigenvalue weighted by Gasteiger charge is -2.30. The molecule has 0 nitrogen and oxygen atoms in total. The zero-order chi connectivity index (χ0) is 14.0. The topological polar surface area (TPSA) is 0 Å². The van der Waals surface area contributed by atoms with E-state index in [4.69, 9.17) is 0 Å². The lowest BCUT2D eigenvalue weighted by atomic mass is 9.76. The Morgan fingerprint density at radius 2 is 1.33 bits per heavy atom. The van der Waals surface area contributed by atoms with Crippen LogP contribution in [0.4, 0.5) is 0 Å². The van der Waals surface area contributed by atoms with Gasteiger partial charge >= 0.3 is 0 Å². The van der Waals surface area contributed by atoms with E-state index in [0.29, 0.717) is 0 Å². The molecule has 0 aliphatic carbocycles. The zero-order valence-corrected chi connectivity index (χ0v) is 13.7. The molecular weight excluding hydrogens is 216 g/mol. The predicted octanol–water partition coefficient (Wildman–Crippen LogP) is 6.47. The van der Waals surface area contributed by atoms with E-state index in [9.17, 15) is 0 Å². The third-order valence-electron chi connectivity index (χ3n) is 4.43. The molecule has 0 N–H and O–H groups in total. The molecule has 0 aliphatic heterocycles. The van der Waals surface area contributed by atoms with Gasteiger partial charge in [0.2, 0.25) is 0 Å². The van der Waals surface area contributed by atoms with Crippen LogP contribution in [-0.2, 0) is 0 Å². The monoisotopic (exact) mass is 252 g/mol.